The Hall–Kier alpha value is -1.01. The molecule has 3 nitrogen and oxygen atoms in total. The van der Waals surface area contributed by atoms with Crippen LogP contribution in [0.1, 0.15) is 17.2 Å². The van der Waals surface area contributed by atoms with Crippen molar-refractivity contribution < 1.29 is 8.42 Å². The van der Waals surface area contributed by atoms with E-state index in [2.05, 4.69) is 0 Å². The third-order valence-electron chi connectivity index (χ3n) is 3.93. The van der Waals surface area contributed by atoms with Crippen LogP contribution in [0.5, 0.6) is 0 Å². The van der Waals surface area contributed by atoms with Crippen LogP contribution in [0.25, 0.3) is 0 Å². The number of benzene rings is 2. The molecule has 1 fully saturated rings. The van der Waals surface area contributed by atoms with Crippen molar-refractivity contribution in [1.29, 1.82) is 0 Å². The van der Waals surface area contributed by atoms with Gasteiger partial charge in [0.1, 0.15) is 0 Å². The SMILES string of the molecule is O=S(=O)(c1ccccc1)N1CCSC(c2ccccc2Cl)CC1. The highest BCUT2D eigenvalue weighted by molar-refractivity contribution is 7.99. The zero-order valence-corrected chi connectivity index (χ0v) is 14.9. The predicted octanol–water partition coefficient (Wildman–Crippen LogP) is 4.21. The van der Waals surface area contributed by atoms with Gasteiger partial charge in [0.25, 0.3) is 0 Å². The van der Waals surface area contributed by atoms with Gasteiger partial charge in [-0.3, -0.25) is 0 Å². The van der Waals surface area contributed by atoms with Crippen LogP contribution in [0.15, 0.2) is 59.5 Å². The van der Waals surface area contributed by atoms with E-state index in [9.17, 15) is 8.42 Å². The second-order valence-electron chi connectivity index (χ2n) is 5.39. The summed E-state index contributed by atoms with van der Waals surface area (Å²) in [4.78, 5) is 0.362. The molecule has 6 heteroatoms. The maximum Gasteiger partial charge on any atom is 0.243 e. The normalized spacial score (nSPS) is 20.1. The molecule has 1 heterocycles. The monoisotopic (exact) mass is 367 g/mol. The van der Waals surface area contributed by atoms with E-state index in [4.69, 9.17) is 11.6 Å². The average molecular weight is 368 g/mol. The Morgan fingerprint density at radius 1 is 1.00 bits per heavy atom. The topological polar surface area (TPSA) is 37.4 Å². The highest BCUT2D eigenvalue weighted by Crippen LogP contribution is 2.38. The van der Waals surface area contributed by atoms with E-state index < -0.39 is 10.0 Å². The van der Waals surface area contributed by atoms with Crippen LogP contribution < -0.4 is 0 Å². The first-order chi connectivity index (χ1) is 11.1. The van der Waals surface area contributed by atoms with Crippen molar-refractivity contribution in [3.05, 3.63) is 65.2 Å². The summed E-state index contributed by atoms with van der Waals surface area (Å²) in [7, 11) is -3.41. The Labute approximate surface area is 146 Å². The zero-order valence-electron chi connectivity index (χ0n) is 12.6. The summed E-state index contributed by atoms with van der Waals surface area (Å²) in [5, 5.41) is 0.990. The molecule has 1 aliphatic heterocycles. The fraction of sp³-hybridized carbons (Fsp3) is 0.294. The number of hydrogen-bond acceptors (Lipinski definition) is 3. The summed E-state index contributed by atoms with van der Waals surface area (Å²) in [6, 6.07) is 16.5. The molecule has 1 atom stereocenters. The first-order valence-electron chi connectivity index (χ1n) is 7.50. The van der Waals surface area contributed by atoms with Gasteiger partial charge >= 0.3 is 0 Å². The molecule has 0 saturated carbocycles. The van der Waals surface area contributed by atoms with Crippen LogP contribution in [0.2, 0.25) is 5.02 Å². The van der Waals surface area contributed by atoms with Gasteiger partial charge in [-0.15, -0.1) is 0 Å². The van der Waals surface area contributed by atoms with Crippen molar-refractivity contribution in [2.24, 2.45) is 0 Å². The molecule has 2 aromatic carbocycles. The van der Waals surface area contributed by atoms with Gasteiger partial charge in [-0.25, -0.2) is 8.42 Å². The van der Waals surface area contributed by atoms with E-state index in [1.165, 1.54) is 0 Å². The third-order valence-corrected chi connectivity index (χ3v) is 7.50. The number of nitrogens with zero attached hydrogens (tertiary/aromatic N) is 1. The largest absolute Gasteiger partial charge is 0.243 e. The molecule has 0 aromatic heterocycles. The van der Waals surface area contributed by atoms with E-state index in [1.807, 2.05) is 30.3 Å². The van der Waals surface area contributed by atoms with E-state index in [0.29, 0.717) is 18.0 Å². The Bertz CT molecular complexity index is 765. The van der Waals surface area contributed by atoms with Crippen LogP contribution >= 0.6 is 23.4 Å². The number of hydrogen-bond donors (Lipinski definition) is 0. The van der Waals surface area contributed by atoms with Crippen molar-refractivity contribution in [1.82, 2.24) is 4.31 Å². The highest BCUT2D eigenvalue weighted by atomic mass is 35.5. The van der Waals surface area contributed by atoms with Gasteiger partial charge in [0.15, 0.2) is 0 Å². The Morgan fingerprint density at radius 2 is 1.70 bits per heavy atom. The molecule has 122 valence electrons. The molecule has 0 aliphatic carbocycles. The van der Waals surface area contributed by atoms with Gasteiger partial charge in [0.2, 0.25) is 10.0 Å². The van der Waals surface area contributed by atoms with E-state index in [1.54, 1.807) is 40.3 Å². The lowest BCUT2D eigenvalue weighted by Gasteiger charge is -2.20. The van der Waals surface area contributed by atoms with Gasteiger partial charge < -0.3 is 0 Å². The second-order valence-corrected chi connectivity index (χ2v) is 9.04. The van der Waals surface area contributed by atoms with Crippen LogP contribution in [0, 0.1) is 0 Å². The minimum Gasteiger partial charge on any atom is -0.207 e. The number of rotatable bonds is 3. The van der Waals surface area contributed by atoms with E-state index in [0.717, 1.165) is 22.8 Å². The van der Waals surface area contributed by atoms with Crippen LogP contribution in [-0.4, -0.2) is 31.6 Å². The van der Waals surface area contributed by atoms with Crippen LogP contribution in [0.3, 0.4) is 0 Å². The Balaban J connectivity index is 1.78. The van der Waals surface area contributed by atoms with Crippen molar-refractivity contribution in [2.45, 2.75) is 16.6 Å². The summed E-state index contributed by atoms with van der Waals surface area (Å²) < 4.78 is 27.1. The molecule has 1 unspecified atom stereocenters. The highest BCUT2D eigenvalue weighted by Gasteiger charge is 2.28. The van der Waals surface area contributed by atoms with Crippen LogP contribution in [0.4, 0.5) is 0 Å². The summed E-state index contributed by atoms with van der Waals surface area (Å²) in [6.07, 6.45) is 0.764. The van der Waals surface area contributed by atoms with Crippen molar-refractivity contribution in [2.75, 3.05) is 18.8 Å². The smallest absolute Gasteiger partial charge is 0.207 e. The molecule has 1 saturated heterocycles. The molecule has 0 radical (unpaired) electrons. The van der Waals surface area contributed by atoms with Gasteiger partial charge in [0, 0.05) is 29.1 Å². The van der Waals surface area contributed by atoms with Crippen molar-refractivity contribution in [3.8, 4) is 0 Å². The Morgan fingerprint density at radius 3 is 2.43 bits per heavy atom. The quantitative estimate of drug-likeness (QED) is 0.815. The predicted molar refractivity (Wildman–Crippen MR) is 96.5 cm³/mol. The minimum atomic E-state index is -3.41. The third kappa shape index (κ3) is 3.74. The first kappa shape index (κ1) is 16.8. The molecule has 0 spiro atoms. The fourth-order valence-corrected chi connectivity index (χ4v) is 5.91. The molecule has 0 N–H and O–H groups in total. The zero-order chi connectivity index (χ0) is 16.3. The lowest BCUT2D eigenvalue weighted by atomic mass is 10.1. The molecule has 1 aliphatic rings. The Kier molecular flexibility index (Phi) is 5.31. The summed E-state index contributed by atoms with van der Waals surface area (Å²) in [5.74, 6) is 0.766. The first-order valence-corrected chi connectivity index (χ1v) is 10.4. The number of halogens is 1. The molecule has 3 rings (SSSR count). The average Bonchev–Trinajstić information content (AvgIpc) is 2.83. The van der Waals surface area contributed by atoms with Gasteiger partial charge in [-0.1, -0.05) is 48.0 Å². The molecular weight excluding hydrogens is 350 g/mol. The lowest BCUT2D eigenvalue weighted by molar-refractivity contribution is 0.428. The fourth-order valence-electron chi connectivity index (χ4n) is 2.72. The van der Waals surface area contributed by atoms with Crippen molar-refractivity contribution in [3.63, 3.8) is 0 Å². The lowest BCUT2D eigenvalue weighted by Crippen LogP contribution is -2.33. The standard InChI is InChI=1S/C17H18ClNO2S2/c18-16-9-5-4-8-15(16)17-10-11-19(12-13-22-17)23(20,21)14-6-2-1-3-7-14/h1-9,17H,10-13H2. The number of sulfonamides is 1. The van der Waals surface area contributed by atoms with Gasteiger partial charge in [-0.2, -0.15) is 16.1 Å². The molecular formula is C17H18ClNO2S2. The van der Waals surface area contributed by atoms with Crippen LogP contribution in [-0.2, 0) is 10.0 Å². The van der Waals surface area contributed by atoms with Crippen molar-refractivity contribution >= 4 is 33.4 Å². The summed E-state index contributed by atoms with van der Waals surface area (Å²) in [5.41, 5.74) is 1.10. The van der Waals surface area contributed by atoms with Gasteiger partial charge in [-0.05, 0) is 30.2 Å². The molecule has 23 heavy (non-hydrogen) atoms. The van der Waals surface area contributed by atoms with E-state index >= 15 is 0 Å². The summed E-state index contributed by atoms with van der Waals surface area (Å²) in [6.45, 7) is 1.04. The molecule has 2 aromatic rings. The number of thioether (sulfide) groups is 1. The van der Waals surface area contributed by atoms with E-state index in [-0.39, 0.29) is 5.25 Å². The molecule has 0 bridgehead atoms. The summed E-state index contributed by atoms with van der Waals surface area (Å²) >= 11 is 8.06. The van der Waals surface area contributed by atoms with Gasteiger partial charge in [0.05, 0.1) is 4.90 Å². The molecule has 0 amide bonds. The maximum atomic E-state index is 12.7. The minimum absolute atomic E-state index is 0.236. The second kappa shape index (κ2) is 7.26. The maximum absolute atomic E-state index is 12.7.